The van der Waals surface area contributed by atoms with Gasteiger partial charge < -0.3 is 15.1 Å². The Hall–Kier alpha value is -3.71. The average Bonchev–Trinajstić information content (AvgIpc) is 3.41. The van der Waals surface area contributed by atoms with Gasteiger partial charge in [0.2, 0.25) is 0 Å². The van der Waals surface area contributed by atoms with Gasteiger partial charge in [-0.05, 0) is 49.2 Å². The van der Waals surface area contributed by atoms with Crippen LogP contribution in [0.15, 0.2) is 36.4 Å². The highest BCUT2D eigenvalue weighted by atomic mass is 35.5. The third kappa shape index (κ3) is 5.83. The van der Waals surface area contributed by atoms with Gasteiger partial charge in [0.1, 0.15) is 11.0 Å². The van der Waals surface area contributed by atoms with Crippen LogP contribution in [0, 0.1) is 0 Å². The Balaban J connectivity index is 1.10. The maximum atomic E-state index is 13.1. The Morgan fingerprint density at radius 2 is 1.59 bits per heavy atom. The third-order valence-electron chi connectivity index (χ3n) is 7.16. The molecular weight excluding hydrogens is 539 g/mol. The van der Waals surface area contributed by atoms with Gasteiger partial charge in [0, 0.05) is 56.6 Å². The van der Waals surface area contributed by atoms with Gasteiger partial charge in [0.15, 0.2) is 0 Å². The second-order valence-corrected chi connectivity index (χ2v) is 9.93. The molecule has 39 heavy (non-hydrogen) atoms. The van der Waals surface area contributed by atoms with E-state index in [9.17, 15) is 27.6 Å². The average molecular weight is 564 g/mol. The number of rotatable bonds is 3. The number of nitrogens with zero attached hydrogens (tertiary/aromatic N) is 5. The second kappa shape index (κ2) is 10.8. The number of fused-ring (bicyclic) bond motifs is 1. The predicted octanol–water partition coefficient (Wildman–Crippen LogP) is 3.02. The highest BCUT2D eigenvalue weighted by Gasteiger charge is 2.35. The Bertz CT molecular complexity index is 1400. The molecule has 0 spiro atoms. The van der Waals surface area contributed by atoms with E-state index in [2.05, 4.69) is 25.6 Å². The molecule has 3 amide bonds. The minimum absolute atomic E-state index is 0.0529. The molecule has 0 saturated carbocycles. The number of hydrogen-bond donors (Lipinski definition) is 2. The molecule has 2 saturated heterocycles. The van der Waals surface area contributed by atoms with Crippen molar-refractivity contribution in [3.63, 3.8) is 0 Å². The number of carbonyl (C=O) groups excluding carboxylic acids is 3. The Morgan fingerprint density at radius 3 is 2.28 bits per heavy atom. The number of likely N-dealkylation sites (tertiary alicyclic amines) is 1. The topological polar surface area (TPSA) is 115 Å². The van der Waals surface area contributed by atoms with E-state index in [1.54, 1.807) is 18.2 Å². The number of nitrogens with one attached hydrogen (secondary N) is 2. The number of amides is 3. The summed E-state index contributed by atoms with van der Waals surface area (Å²) < 4.78 is 39.2. The summed E-state index contributed by atoms with van der Waals surface area (Å²) in [5.41, 5.74) is 0.642. The minimum atomic E-state index is -4.69. The molecular formula is C25H25ClF3N7O3. The molecule has 3 heterocycles. The van der Waals surface area contributed by atoms with E-state index in [0.29, 0.717) is 61.9 Å². The summed E-state index contributed by atoms with van der Waals surface area (Å²) >= 11 is 5.61. The van der Waals surface area contributed by atoms with Crippen molar-refractivity contribution in [1.82, 2.24) is 30.1 Å². The van der Waals surface area contributed by atoms with E-state index in [0.717, 1.165) is 18.9 Å². The molecule has 2 aliphatic heterocycles. The molecule has 5 rings (SSSR count). The molecule has 2 N–H and O–H groups in total. The van der Waals surface area contributed by atoms with Crippen molar-refractivity contribution in [3.8, 4) is 0 Å². The number of alkyl halides is 3. The number of piperidine rings is 1. The Kier molecular flexibility index (Phi) is 7.45. The van der Waals surface area contributed by atoms with Gasteiger partial charge >= 0.3 is 18.0 Å². The number of benzene rings is 2. The summed E-state index contributed by atoms with van der Waals surface area (Å²) in [7, 11) is 0. The quantitative estimate of drug-likeness (QED) is 0.474. The zero-order valence-corrected chi connectivity index (χ0v) is 21.4. The molecule has 0 radical (unpaired) electrons. The van der Waals surface area contributed by atoms with Gasteiger partial charge in [-0.1, -0.05) is 11.6 Å². The highest BCUT2D eigenvalue weighted by Crippen LogP contribution is 2.36. The van der Waals surface area contributed by atoms with Crippen LogP contribution in [-0.2, 0) is 15.8 Å². The van der Waals surface area contributed by atoms with Crippen molar-refractivity contribution >= 4 is 46.0 Å². The lowest BCUT2D eigenvalue weighted by Crippen LogP contribution is -2.56. The molecule has 14 heteroatoms. The Morgan fingerprint density at radius 1 is 0.897 bits per heavy atom. The van der Waals surface area contributed by atoms with Crippen LogP contribution < -0.4 is 5.32 Å². The first-order valence-corrected chi connectivity index (χ1v) is 12.8. The molecule has 206 valence electrons. The number of carbonyl (C=O) groups is 3. The Labute approximate surface area is 226 Å². The van der Waals surface area contributed by atoms with Crippen LogP contribution in [0.25, 0.3) is 11.0 Å². The van der Waals surface area contributed by atoms with Crippen LogP contribution in [0.3, 0.4) is 0 Å². The standard InChI is InChI=1S/C25H25ClF3N7O3/c26-19-3-2-16(14-18(19)25(27,28)29)30-22(37)24(39)36-11-9-34(10-12-36)17-5-7-35(8-6-17)23(38)15-1-4-20-21(13-15)32-33-31-20/h1-4,13-14,17H,5-12H2,(H,30,37)(H,31,32,33). The first-order chi connectivity index (χ1) is 18.6. The SMILES string of the molecule is O=C(Nc1ccc(Cl)c(C(F)(F)F)c1)C(=O)N1CCN(C2CCN(C(=O)c3ccc4n[nH]nc4c3)CC2)CC1. The van der Waals surface area contributed by atoms with Crippen LogP contribution >= 0.6 is 11.6 Å². The number of piperazine rings is 1. The molecule has 3 aromatic rings. The molecule has 1 aromatic heterocycles. The van der Waals surface area contributed by atoms with Gasteiger partial charge in [-0.15, -0.1) is 0 Å². The van der Waals surface area contributed by atoms with Gasteiger partial charge in [0.05, 0.1) is 10.6 Å². The molecule has 2 aliphatic rings. The van der Waals surface area contributed by atoms with E-state index < -0.39 is 28.6 Å². The minimum Gasteiger partial charge on any atom is -0.339 e. The zero-order valence-electron chi connectivity index (χ0n) is 20.7. The van der Waals surface area contributed by atoms with E-state index in [1.807, 2.05) is 4.90 Å². The number of anilines is 1. The van der Waals surface area contributed by atoms with Crippen LogP contribution in [0.5, 0.6) is 0 Å². The molecule has 2 aromatic carbocycles. The van der Waals surface area contributed by atoms with Gasteiger partial charge in [-0.3, -0.25) is 19.3 Å². The van der Waals surface area contributed by atoms with Crippen molar-refractivity contribution in [2.75, 3.05) is 44.6 Å². The lowest BCUT2D eigenvalue weighted by molar-refractivity contribution is -0.144. The molecule has 0 bridgehead atoms. The maximum Gasteiger partial charge on any atom is 0.417 e. The van der Waals surface area contributed by atoms with E-state index in [1.165, 1.54) is 11.0 Å². The summed E-state index contributed by atoms with van der Waals surface area (Å²) in [6, 6.07) is 8.41. The number of H-pyrrole nitrogens is 1. The fraction of sp³-hybridized carbons (Fsp3) is 0.400. The third-order valence-corrected chi connectivity index (χ3v) is 7.49. The highest BCUT2D eigenvalue weighted by molar-refractivity contribution is 6.39. The van der Waals surface area contributed by atoms with Gasteiger partial charge in [-0.25, -0.2) is 0 Å². The molecule has 2 fully saturated rings. The number of hydrogen-bond acceptors (Lipinski definition) is 6. The zero-order chi connectivity index (χ0) is 27.7. The van der Waals surface area contributed by atoms with E-state index in [4.69, 9.17) is 11.6 Å². The van der Waals surface area contributed by atoms with Crippen LogP contribution in [0.1, 0.15) is 28.8 Å². The van der Waals surface area contributed by atoms with Crippen molar-refractivity contribution < 1.29 is 27.6 Å². The lowest BCUT2D eigenvalue weighted by Gasteiger charge is -2.42. The maximum absolute atomic E-state index is 13.1. The van der Waals surface area contributed by atoms with Crippen molar-refractivity contribution in [2.45, 2.75) is 25.1 Å². The van der Waals surface area contributed by atoms with E-state index in [-0.39, 0.29) is 17.6 Å². The van der Waals surface area contributed by atoms with Crippen LogP contribution in [0.2, 0.25) is 5.02 Å². The molecule has 10 nitrogen and oxygen atoms in total. The normalized spacial score (nSPS) is 17.4. The van der Waals surface area contributed by atoms with Crippen LogP contribution in [-0.4, -0.2) is 93.1 Å². The number of aromatic amines is 1. The summed E-state index contributed by atoms with van der Waals surface area (Å²) in [6.45, 7) is 2.94. The number of halogens is 4. The molecule has 0 aliphatic carbocycles. The van der Waals surface area contributed by atoms with Gasteiger partial charge in [0.25, 0.3) is 5.91 Å². The van der Waals surface area contributed by atoms with Crippen molar-refractivity contribution in [3.05, 3.63) is 52.5 Å². The van der Waals surface area contributed by atoms with Crippen LogP contribution in [0.4, 0.5) is 18.9 Å². The largest absolute Gasteiger partial charge is 0.417 e. The fourth-order valence-corrected chi connectivity index (χ4v) is 5.25. The monoisotopic (exact) mass is 563 g/mol. The predicted molar refractivity (Wildman–Crippen MR) is 136 cm³/mol. The summed E-state index contributed by atoms with van der Waals surface area (Å²) in [5, 5.41) is 12.3. The lowest BCUT2D eigenvalue weighted by atomic mass is 10.0. The van der Waals surface area contributed by atoms with E-state index >= 15 is 0 Å². The smallest absolute Gasteiger partial charge is 0.339 e. The molecule has 0 unspecified atom stereocenters. The fourth-order valence-electron chi connectivity index (χ4n) is 5.03. The first kappa shape index (κ1) is 26.9. The van der Waals surface area contributed by atoms with Crippen molar-refractivity contribution in [1.29, 1.82) is 0 Å². The summed E-state index contributed by atoms with van der Waals surface area (Å²) in [5.74, 6) is -1.86. The second-order valence-electron chi connectivity index (χ2n) is 9.53. The van der Waals surface area contributed by atoms with Gasteiger partial charge in [-0.2, -0.15) is 28.6 Å². The van der Waals surface area contributed by atoms with Crippen molar-refractivity contribution in [2.24, 2.45) is 0 Å². The summed E-state index contributed by atoms with van der Waals surface area (Å²) in [6.07, 6.45) is -3.12. The molecule has 0 atom stereocenters. The first-order valence-electron chi connectivity index (χ1n) is 12.4. The summed E-state index contributed by atoms with van der Waals surface area (Å²) in [4.78, 5) is 43.5. The number of aromatic nitrogens is 3.